The van der Waals surface area contributed by atoms with Crippen LogP contribution in [0.2, 0.25) is 0 Å². The molecule has 6 nitrogen and oxygen atoms in total. The van der Waals surface area contributed by atoms with Gasteiger partial charge in [-0.3, -0.25) is 14.5 Å². The molecule has 0 spiro atoms. The Morgan fingerprint density at radius 3 is 2.38 bits per heavy atom. The molecule has 4 atom stereocenters. The fourth-order valence-electron chi connectivity index (χ4n) is 5.69. The smallest absolute Gasteiger partial charge is 0.487 e. The van der Waals surface area contributed by atoms with Crippen LogP contribution in [0, 0.1) is 23.7 Å². The zero-order valence-electron chi connectivity index (χ0n) is 18.1. The van der Waals surface area contributed by atoms with E-state index in [1.165, 1.54) is 4.90 Å². The van der Waals surface area contributed by atoms with Crippen molar-refractivity contribution in [3.05, 3.63) is 71.2 Å². The molecule has 32 heavy (non-hydrogen) atoms. The highest BCUT2D eigenvalue weighted by Crippen LogP contribution is 2.53. The zero-order chi connectivity index (χ0) is 22.6. The van der Waals surface area contributed by atoms with Crippen molar-refractivity contribution < 1.29 is 24.4 Å². The van der Waals surface area contributed by atoms with Crippen molar-refractivity contribution in [2.75, 3.05) is 4.90 Å². The highest BCUT2D eigenvalue weighted by molar-refractivity contribution is 6.53. The number of phenolic OH excluding ortho intramolecular Hbond substituents is 1. The third-order valence-electron chi connectivity index (χ3n) is 7.14. The summed E-state index contributed by atoms with van der Waals surface area (Å²) >= 11 is 0. The third-order valence-corrected chi connectivity index (χ3v) is 7.14. The van der Waals surface area contributed by atoms with Gasteiger partial charge in [0.05, 0.1) is 23.6 Å². The number of rotatable bonds is 3. The average Bonchev–Trinajstić information content (AvgIpc) is 3.04. The van der Waals surface area contributed by atoms with Gasteiger partial charge < -0.3 is 14.8 Å². The summed E-state index contributed by atoms with van der Waals surface area (Å²) in [5.41, 5.74) is 2.89. The lowest BCUT2D eigenvalue weighted by Crippen LogP contribution is -2.45. The van der Waals surface area contributed by atoms with Crippen LogP contribution >= 0.6 is 0 Å². The van der Waals surface area contributed by atoms with Crippen molar-refractivity contribution in [1.29, 1.82) is 0 Å². The predicted molar refractivity (Wildman–Crippen MR) is 120 cm³/mol. The van der Waals surface area contributed by atoms with Crippen molar-refractivity contribution in [3.8, 4) is 5.75 Å². The van der Waals surface area contributed by atoms with Crippen molar-refractivity contribution >= 4 is 24.6 Å². The standard InChI is InChI=1S/C25H26BNO5/c1-14(2)17-12-19-22(25(30)27(24(19)29)15-8-4-3-5-9-15)18-13-21(32-26(31)23(17)18)16-10-6-7-11-20(16)28/h3-11,14,18-19,21-22,28,31H,12-13H2,1-2H3/t18-,19-,21-,22+/m0/s1. The number of hydrogen-bond donors (Lipinski definition) is 2. The first-order valence-electron chi connectivity index (χ1n) is 11.2. The number of para-hydroxylation sites is 2. The van der Waals surface area contributed by atoms with E-state index in [0.717, 1.165) is 11.0 Å². The molecule has 5 rings (SSSR count). The number of carbonyl (C=O) groups is 2. The third kappa shape index (κ3) is 3.19. The molecule has 2 amide bonds. The SMILES string of the molecule is CC(C)C1=C2B(O)O[C@H](c3ccccc3O)C[C@H]2[C@H]2C(=O)N(c3ccccc3)C(=O)[C@H]2C1. The first kappa shape index (κ1) is 21.0. The number of imide groups is 1. The van der Waals surface area contributed by atoms with E-state index in [4.69, 9.17) is 4.65 Å². The Kier molecular flexibility index (Phi) is 5.18. The minimum atomic E-state index is -1.18. The molecule has 0 radical (unpaired) electrons. The fourth-order valence-corrected chi connectivity index (χ4v) is 5.69. The maximum atomic E-state index is 13.6. The minimum absolute atomic E-state index is 0.0910. The molecule has 1 aliphatic carbocycles. The molecular formula is C25H26BNO5. The maximum Gasteiger partial charge on any atom is 0.487 e. The Morgan fingerprint density at radius 2 is 1.69 bits per heavy atom. The van der Waals surface area contributed by atoms with Crippen molar-refractivity contribution in [1.82, 2.24) is 0 Å². The number of nitrogens with zero attached hydrogens (tertiary/aromatic N) is 1. The number of amides is 2. The molecular weight excluding hydrogens is 405 g/mol. The highest BCUT2D eigenvalue weighted by atomic mass is 16.5. The van der Waals surface area contributed by atoms with Crippen LogP contribution in [-0.4, -0.2) is 29.1 Å². The van der Waals surface area contributed by atoms with Crippen LogP contribution in [0.1, 0.15) is 38.4 Å². The summed E-state index contributed by atoms with van der Waals surface area (Å²) in [6, 6.07) is 15.9. The Balaban J connectivity index is 1.58. The summed E-state index contributed by atoms with van der Waals surface area (Å²) in [7, 11) is -1.18. The molecule has 2 saturated heterocycles. The van der Waals surface area contributed by atoms with E-state index >= 15 is 0 Å². The normalized spacial score (nSPS) is 27.8. The van der Waals surface area contributed by atoms with Crippen molar-refractivity contribution in [2.45, 2.75) is 32.8 Å². The lowest BCUT2D eigenvalue weighted by Gasteiger charge is -2.43. The van der Waals surface area contributed by atoms with Gasteiger partial charge in [0.25, 0.3) is 0 Å². The van der Waals surface area contributed by atoms with E-state index in [2.05, 4.69) is 0 Å². The van der Waals surface area contributed by atoms with Crippen LogP contribution in [0.4, 0.5) is 5.69 Å². The van der Waals surface area contributed by atoms with Crippen LogP contribution in [0.3, 0.4) is 0 Å². The monoisotopic (exact) mass is 431 g/mol. The summed E-state index contributed by atoms with van der Waals surface area (Å²) in [5.74, 6) is -1.53. The summed E-state index contributed by atoms with van der Waals surface area (Å²) < 4.78 is 5.95. The average molecular weight is 431 g/mol. The van der Waals surface area contributed by atoms with Gasteiger partial charge in [-0.2, -0.15) is 0 Å². The second-order valence-corrected chi connectivity index (χ2v) is 9.20. The predicted octanol–water partition coefficient (Wildman–Crippen LogP) is 3.65. The first-order chi connectivity index (χ1) is 15.4. The van der Waals surface area contributed by atoms with Gasteiger partial charge in [-0.15, -0.1) is 0 Å². The van der Waals surface area contributed by atoms with Gasteiger partial charge in [0.2, 0.25) is 11.8 Å². The molecule has 2 aromatic rings. The van der Waals surface area contributed by atoms with Crippen molar-refractivity contribution in [2.24, 2.45) is 23.7 Å². The van der Waals surface area contributed by atoms with E-state index in [1.54, 1.807) is 36.4 Å². The summed E-state index contributed by atoms with van der Waals surface area (Å²) in [5, 5.41) is 21.4. The molecule has 2 fully saturated rings. The Labute approximate surface area is 187 Å². The van der Waals surface area contributed by atoms with Gasteiger partial charge in [-0.25, -0.2) is 0 Å². The first-order valence-corrected chi connectivity index (χ1v) is 11.2. The number of phenols is 1. The number of anilines is 1. The second-order valence-electron chi connectivity index (χ2n) is 9.20. The van der Waals surface area contributed by atoms with Crippen LogP contribution < -0.4 is 4.90 Å². The molecule has 0 aromatic heterocycles. The number of allylic oxidation sites excluding steroid dienone is 2. The molecule has 0 unspecified atom stereocenters. The van der Waals surface area contributed by atoms with Crippen LogP contribution in [0.25, 0.3) is 0 Å². The molecule has 2 heterocycles. The second kappa shape index (κ2) is 7.91. The highest BCUT2D eigenvalue weighted by Gasteiger charge is 2.58. The minimum Gasteiger partial charge on any atom is -0.508 e. The summed E-state index contributed by atoms with van der Waals surface area (Å²) in [6.07, 6.45) is 0.299. The molecule has 7 heteroatoms. The molecule has 164 valence electrons. The Bertz CT molecular complexity index is 1100. The molecule has 3 aliphatic rings. The number of carbonyl (C=O) groups excluding carboxylic acids is 2. The van der Waals surface area contributed by atoms with E-state index < -0.39 is 25.1 Å². The van der Waals surface area contributed by atoms with E-state index in [9.17, 15) is 19.7 Å². The van der Waals surface area contributed by atoms with Crippen LogP contribution in [-0.2, 0) is 14.2 Å². The Morgan fingerprint density at radius 1 is 1.00 bits per heavy atom. The summed E-state index contributed by atoms with van der Waals surface area (Å²) in [6.45, 7) is 4.08. The molecule has 2 aromatic carbocycles. The van der Waals surface area contributed by atoms with Crippen LogP contribution in [0.15, 0.2) is 65.6 Å². The van der Waals surface area contributed by atoms with E-state index in [1.807, 2.05) is 32.0 Å². The van der Waals surface area contributed by atoms with Gasteiger partial charge >= 0.3 is 7.12 Å². The Hall–Kier alpha value is -2.90. The number of aromatic hydroxyl groups is 1. The number of hydrogen-bond acceptors (Lipinski definition) is 5. The summed E-state index contributed by atoms with van der Waals surface area (Å²) in [4.78, 5) is 28.4. The van der Waals surface area contributed by atoms with Gasteiger partial charge in [-0.1, -0.05) is 55.8 Å². The fraction of sp³-hybridized carbons (Fsp3) is 0.360. The van der Waals surface area contributed by atoms with E-state index in [0.29, 0.717) is 24.1 Å². The van der Waals surface area contributed by atoms with Gasteiger partial charge in [0.1, 0.15) is 5.75 Å². The lowest BCUT2D eigenvalue weighted by molar-refractivity contribution is -0.123. The van der Waals surface area contributed by atoms with Gasteiger partial charge in [0.15, 0.2) is 0 Å². The largest absolute Gasteiger partial charge is 0.508 e. The maximum absolute atomic E-state index is 13.6. The zero-order valence-corrected chi connectivity index (χ0v) is 18.1. The molecule has 2 aliphatic heterocycles. The number of fused-ring (bicyclic) bond motifs is 3. The lowest BCUT2D eigenvalue weighted by atomic mass is 9.54. The topological polar surface area (TPSA) is 87.1 Å². The van der Waals surface area contributed by atoms with E-state index in [-0.39, 0.29) is 29.4 Å². The molecule has 0 bridgehead atoms. The van der Waals surface area contributed by atoms with Crippen molar-refractivity contribution in [3.63, 3.8) is 0 Å². The van der Waals surface area contributed by atoms with Gasteiger partial charge in [0, 0.05) is 5.56 Å². The van der Waals surface area contributed by atoms with Gasteiger partial charge in [-0.05, 0) is 48.3 Å². The van der Waals surface area contributed by atoms with Crippen LogP contribution in [0.5, 0.6) is 5.75 Å². The molecule has 0 saturated carbocycles. The number of benzene rings is 2. The quantitative estimate of drug-likeness (QED) is 0.572. The molecule has 2 N–H and O–H groups in total.